The number of ether oxygens (including phenoxy) is 2. The Hall–Kier alpha value is -2.58. The van der Waals surface area contributed by atoms with Crippen LogP contribution in [-0.4, -0.2) is 97.3 Å². The number of carbonyl (C=O) groups is 2. The molecule has 2 heterocycles. The van der Waals surface area contributed by atoms with Gasteiger partial charge in [0.15, 0.2) is 11.5 Å². The van der Waals surface area contributed by atoms with E-state index in [1.165, 1.54) is 20.0 Å². The minimum Gasteiger partial charge on any atom is -0.504 e. The number of carbonyl (C=O) groups excluding carboxylic acids is 2. The van der Waals surface area contributed by atoms with Crippen molar-refractivity contribution in [1.82, 2.24) is 14.7 Å². The van der Waals surface area contributed by atoms with Gasteiger partial charge in [-0.1, -0.05) is 18.2 Å². The number of hydrogen-bond donors (Lipinski definition) is 1. The highest BCUT2D eigenvalue weighted by atomic mass is 16.5. The van der Waals surface area contributed by atoms with Crippen molar-refractivity contribution in [2.45, 2.75) is 38.2 Å². The van der Waals surface area contributed by atoms with E-state index in [-0.39, 0.29) is 23.7 Å². The Balaban J connectivity index is 1.33. The average molecular weight is 472 g/mol. The molecule has 186 valence electrons. The number of rotatable bonds is 11. The summed E-state index contributed by atoms with van der Waals surface area (Å²) >= 11 is 0. The van der Waals surface area contributed by atoms with E-state index < -0.39 is 0 Å². The molecule has 8 heteroatoms. The summed E-state index contributed by atoms with van der Waals surface area (Å²) in [5, 5.41) is 9.78. The molecule has 1 atom stereocenters. The van der Waals surface area contributed by atoms with E-state index in [9.17, 15) is 14.7 Å². The molecule has 3 aliphatic rings. The summed E-state index contributed by atoms with van der Waals surface area (Å²) in [5.74, 6) is 1.57. The van der Waals surface area contributed by atoms with E-state index in [0.29, 0.717) is 50.8 Å². The Morgan fingerprint density at radius 3 is 2.68 bits per heavy atom. The molecule has 3 fully saturated rings. The molecule has 1 unspecified atom stereocenters. The van der Waals surface area contributed by atoms with Crippen molar-refractivity contribution in [3.05, 3.63) is 29.8 Å². The Labute approximate surface area is 202 Å². The molecule has 4 rings (SSSR count). The molecule has 0 bridgehead atoms. The van der Waals surface area contributed by atoms with E-state index in [2.05, 4.69) is 4.90 Å². The zero-order chi connectivity index (χ0) is 23.9. The molecule has 8 nitrogen and oxygen atoms in total. The molecule has 2 amide bonds. The number of benzene rings is 1. The minimum atomic E-state index is -0.0114. The van der Waals surface area contributed by atoms with Crippen LogP contribution >= 0.6 is 0 Å². The molecule has 2 aliphatic heterocycles. The molecular formula is C26H37N3O5. The molecule has 1 aromatic carbocycles. The maximum absolute atomic E-state index is 13.0. The summed E-state index contributed by atoms with van der Waals surface area (Å²) in [6.07, 6.45) is 8.87. The third-order valence-corrected chi connectivity index (χ3v) is 6.77. The van der Waals surface area contributed by atoms with Crippen LogP contribution in [0.4, 0.5) is 0 Å². The lowest BCUT2D eigenvalue weighted by molar-refractivity contribution is -0.131. The van der Waals surface area contributed by atoms with Crippen LogP contribution < -0.4 is 4.74 Å². The third kappa shape index (κ3) is 6.96. The van der Waals surface area contributed by atoms with Gasteiger partial charge in [0.25, 0.3) is 0 Å². The van der Waals surface area contributed by atoms with Crippen LogP contribution in [0.2, 0.25) is 0 Å². The minimum absolute atomic E-state index is 0.0114. The van der Waals surface area contributed by atoms with E-state index in [1.54, 1.807) is 12.1 Å². The lowest BCUT2D eigenvalue weighted by Gasteiger charge is -2.25. The van der Waals surface area contributed by atoms with Gasteiger partial charge in [-0.05, 0) is 49.3 Å². The van der Waals surface area contributed by atoms with Crippen molar-refractivity contribution in [3.8, 4) is 11.5 Å². The molecule has 0 aromatic heterocycles. The van der Waals surface area contributed by atoms with Gasteiger partial charge in [0.1, 0.15) is 0 Å². The Morgan fingerprint density at radius 1 is 1.12 bits per heavy atom. The summed E-state index contributed by atoms with van der Waals surface area (Å²) in [6.45, 7) is 5.29. The second kappa shape index (κ2) is 11.7. The highest BCUT2D eigenvalue weighted by Crippen LogP contribution is 2.29. The van der Waals surface area contributed by atoms with Crippen LogP contribution in [0.5, 0.6) is 11.5 Å². The first kappa shape index (κ1) is 24.5. The molecule has 2 saturated heterocycles. The van der Waals surface area contributed by atoms with Gasteiger partial charge in [-0.15, -0.1) is 0 Å². The van der Waals surface area contributed by atoms with E-state index in [4.69, 9.17) is 9.47 Å². The SMILES string of the molecule is COc1cc(/C=C/CN2CC(=O)N(CCCN3CCCC3=O)CC(OCC3CC3)C2)ccc1O. The maximum atomic E-state index is 13.0. The predicted molar refractivity (Wildman–Crippen MR) is 130 cm³/mol. The topological polar surface area (TPSA) is 82.6 Å². The van der Waals surface area contributed by atoms with Crippen molar-refractivity contribution in [2.75, 3.05) is 59.5 Å². The van der Waals surface area contributed by atoms with Crippen LogP contribution in [-0.2, 0) is 14.3 Å². The van der Waals surface area contributed by atoms with Crippen LogP contribution in [0.15, 0.2) is 24.3 Å². The number of phenolic OH excluding ortho intramolecular Hbond substituents is 1. The van der Waals surface area contributed by atoms with Crippen LogP contribution in [0.1, 0.15) is 37.7 Å². The second-order valence-electron chi connectivity index (χ2n) is 9.60. The van der Waals surface area contributed by atoms with Gasteiger partial charge in [-0.25, -0.2) is 0 Å². The molecule has 1 aliphatic carbocycles. The van der Waals surface area contributed by atoms with E-state index in [0.717, 1.165) is 38.1 Å². The number of amides is 2. The normalized spacial score (nSPS) is 22.1. The van der Waals surface area contributed by atoms with Crippen LogP contribution in [0.25, 0.3) is 6.08 Å². The van der Waals surface area contributed by atoms with E-state index >= 15 is 0 Å². The fraction of sp³-hybridized carbons (Fsp3) is 0.615. The Morgan fingerprint density at radius 2 is 1.94 bits per heavy atom. The monoisotopic (exact) mass is 471 g/mol. The number of likely N-dealkylation sites (tertiary alicyclic amines) is 1. The van der Waals surface area contributed by atoms with Gasteiger partial charge in [0.05, 0.1) is 19.8 Å². The van der Waals surface area contributed by atoms with Gasteiger partial charge < -0.3 is 24.4 Å². The average Bonchev–Trinajstić information content (AvgIpc) is 3.59. The summed E-state index contributed by atoms with van der Waals surface area (Å²) < 4.78 is 11.4. The highest BCUT2D eigenvalue weighted by molar-refractivity contribution is 5.79. The fourth-order valence-corrected chi connectivity index (χ4v) is 4.59. The van der Waals surface area contributed by atoms with Crippen molar-refractivity contribution < 1.29 is 24.2 Å². The maximum Gasteiger partial charge on any atom is 0.236 e. The quantitative estimate of drug-likeness (QED) is 0.534. The van der Waals surface area contributed by atoms with Gasteiger partial charge in [0.2, 0.25) is 11.8 Å². The third-order valence-electron chi connectivity index (χ3n) is 6.77. The molecular weight excluding hydrogens is 434 g/mol. The van der Waals surface area contributed by atoms with Gasteiger partial charge in [-0.3, -0.25) is 14.5 Å². The number of hydrogen-bond acceptors (Lipinski definition) is 6. The molecule has 0 spiro atoms. The highest BCUT2D eigenvalue weighted by Gasteiger charge is 2.30. The van der Waals surface area contributed by atoms with Crippen LogP contribution in [0, 0.1) is 5.92 Å². The zero-order valence-corrected chi connectivity index (χ0v) is 20.2. The number of nitrogens with zero attached hydrogens (tertiary/aromatic N) is 3. The molecule has 34 heavy (non-hydrogen) atoms. The summed E-state index contributed by atoms with van der Waals surface area (Å²) in [5.41, 5.74) is 0.926. The predicted octanol–water partition coefficient (Wildman–Crippen LogP) is 2.37. The molecule has 0 radical (unpaired) electrons. The first-order chi connectivity index (χ1) is 16.5. The first-order valence-electron chi connectivity index (χ1n) is 12.4. The molecule has 1 N–H and O–H groups in total. The lowest BCUT2D eigenvalue weighted by atomic mass is 10.2. The standard InChI is InChI=1S/C26H37N3O5/c1-33-24-15-20(9-10-23(24)30)5-2-11-27-16-22(34-19-21-7-8-21)17-29(26(32)18-27)14-4-13-28-12-3-6-25(28)31/h2,5,9-10,15,21-22,30H,3-4,6-8,11-14,16-19H2,1H3/b5-2+. The Bertz CT molecular complexity index is 885. The smallest absolute Gasteiger partial charge is 0.236 e. The van der Waals surface area contributed by atoms with Crippen LogP contribution in [0.3, 0.4) is 0 Å². The Kier molecular flexibility index (Phi) is 8.45. The summed E-state index contributed by atoms with van der Waals surface area (Å²) in [6, 6.07) is 5.23. The van der Waals surface area contributed by atoms with Gasteiger partial charge in [0, 0.05) is 52.3 Å². The van der Waals surface area contributed by atoms with Crippen molar-refractivity contribution in [3.63, 3.8) is 0 Å². The van der Waals surface area contributed by atoms with Crippen molar-refractivity contribution >= 4 is 17.9 Å². The van der Waals surface area contributed by atoms with Crippen molar-refractivity contribution in [2.24, 2.45) is 5.92 Å². The zero-order valence-electron chi connectivity index (χ0n) is 20.2. The largest absolute Gasteiger partial charge is 0.504 e. The lowest BCUT2D eigenvalue weighted by Crippen LogP contribution is -2.40. The van der Waals surface area contributed by atoms with Gasteiger partial charge in [-0.2, -0.15) is 0 Å². The fourth-order valence-electron chi connectivity index (χ4n) is 4.59. The number of methoxy groups -OCH3 is 1. The second-order valence-corrected chi connectivity index (χ2v) is 9.60. The molecule has 1 saturated carbocycles. The summed E-state index contributed by atoms with van der Waals surface area (Å²) in [7, 11) is 1.53. The number of aromatic hydroxyl groups is 1. The van der Waals surface area contributed by atoms with E-state index in [1.807, 2.05) is 28.0 Å². The summed E-state index contributed by atoms with van der Waals surface area (Å²) in [4.78, 5) is 30.9. The van der Waals surface area contributed by atoms with Crippen molar-refractivity contribution in [1.29, 1.82) is 0 Å². The molecule has 1 aromatic rings. The number of phenols is 1. The van der Waals surface area contributed by atoms with Gasteiger partial charge >= 0.3 is 0 Å². The first-order valence-corrected chi connectivity index (χ1v) is 12.4.